The van der Waals surface area contributed by atoms with Gasteiger partial charge in [0, 0.05) is 24.7 Å². The van der Waals surface area contributed by atoms with Gasteiger partial charge in [-0.3, -0.25) is 0 Å². The molecule has 1 aromatic heterocycles. The van der Waals surface area contributed by atoms with E-state index in [9.17, 15) is 4.39 Å². The quantitative estimate of drug-likeness (QED) is 0.907. The molecule has 1 saturated heterocycles. The molecule has 19 heavy (non-hydrogen) atoms. The molecule has 2 unspecified atom stereocenters. The smallest absolute Gasteiger partial charge is 0.141 e. The lowest BCUT2D eigenvalue weighted by Crippen LogP contribution is -2.42. The third kappa shape index (κ3) is 3.44. The number of hydrogen-bond acceptors (Lipinski definition) is 3. The normalized spacial score (nSPS) is 23.7. The Morgan fingerprint density at radius 1 is 1.42 bits per heavy atom. The van der Waals surface area contributed by atoms with Crippen LogP contribution in [0.5, 0.6) is 0 Å². The Morgan fingerprint density at radius 3 is 2.95 bits per heavy atom. The Hall–Kier alpha value is -1.16. The molecule has 0 spiro atoms. The molecule has 1 aromatic rings. The molecule has 2 rings (SSSR count). The zero-order valence-electron chi connectivity index (χ0n) is 12.1. The molecule has 0 aromatic carbocycles. The molecular weight excluding hydrogens is 241 g/mol. The average molecular weight is 265 g/mol. The van der Waals surface area contributed by atoms with Crippen LogP contribution >= 0.6 is 0 Å². The lowest BCUT2D eigenvalue weighted by molar-refractivity contribution is 0.387. The number of rotatable bonds is 4. The molecule has 2 heterocycles. The number of aromatic nitrogens is 1. The second-order valence-corrected chi connectivity index (χ2v) is 5.60. The van der Waals surface area contributed by atoms with Crippen molar-refractivity contribution in [1.29, 1.82) is 0 Å². The lowest BCUT2D eigenvalue weighted by atomic mass is 9.94. The summed E-state index contributed by atoms with van der Waals surface area (Å²) in [5.41, 5.74) is 0.961. The van der Waals surface area contributed by atoms with Gasteiger partial charge in [0.1, 0.15) is 11.6 Å². The van der Waals surface area contributed by atoms with Crippen LogP contribution in [0.3, 0.4) is 0 Å². The van der Waals surface area contributed by atoms with Gasteiger partial charge in [-0.05, 0) is 38.3 Å². The molecule has 1 aliphatic heterocycles. The summed E-state index contributed by atoms with van der Waals surface area (Å²) in [6.45, 7) is 9.12. The van der Waals surface area contributed by atoms with Crippen LogP contribution in [0, 0.1) is 11.7 Å². The van der Waals surface area contributed by atoms with Crippen LogP contribution < -0.4 is 10.2 Å². The van der Waals surface area contributed by atoms with Gasteiger partial charge >= 0.3 is 0 Å². The van der Waals surface area contributed by atoms with E-state index in [-0.39, 0.29) is 5.82 Å². The number of halogens is 1. The average Bonchev–Trinajstić information content (AvgIpc) is 2.39. The maximum atomic E-state index is 13.4. The van der Waals surface area contributed by atoms with Gasteiger partial charge in [-0.15, -0.1) is 0 Å². The molecule has 0 aliphatic carbocycles. The number of anilines is 1. The van der Waals surface area contributed by atoms with E-state index in [1.165, 1.54) is 19.0 Å². The minimum atomic E-state index is -0.255. The highest BCUT2D eigenvalue weighted by Gasteiger charge is 2.25. The summed E-state index contributed by atoms with van der Waals surface area (Å²) in [7, 11) is 0. The first-order chi connectivity index (χ1) is 9.11. The van der Waals surface area contributed by atoms with E-state index in [0.717, 1.165) is 24.5 Å². The van der Waals surface area contributed by atoms with Crippen molar-refractivity contribution in [2.45, 2.75) is 46.2 Å². The summed E-state index contributed by atoms with van der Waals surface area (Å²) in [6.07, 6.45) is 3.78. The molecule has 1 fully saturated rings. The number of hydrogen-bond donors (Lipinski definition) is 1. The fraction of sp³-hybridized carbons (Fsp3) is 0.667. The van der Waals surface area contributed by atoms with Gasteiger partial charge in [0.15, 0.2) is 0 Å². The number of nitrogens with one attached hydrogen (secondary N) is 1. The standard InChI is InChI=1S/C15H24FN3/c1-4-17-8-13-7-14(16)9-18-15(13)19-10-11(2)5-6-12(19)3/h7,9,11-12,17H,4-6,8,10H2,1-3H3. The fourth-order valence-corrected chi connectivity index (χ4v) is 2.71. The first-order valence-corrected chi connectivity index (χ1v) is 7.23. The summed E-state index contributed by atoms with van der Waals surface area (Å²) < 4.78 is 13.4. The van der Waals surface area contributed by atoms with Crippen molar-refractivity contribution in [3.05, 3.63) is 23.6 Å². The van der Waals surface area contributed by atoms with E-state index in [4.69, 9.17) is 0 Å². The molecule has 3 nitrogen and oxygen atoms in total. The van der Waals surface area contributed by atoms with Gasteiger partial charge in [0.25, 0.3) is 0 Å². The van der Waals surface area contributed by atoms with Gasteiger partial charge in [0.2, 0.25) is 0 Å². The predicted octanol–water partition coefficient (Wildman–Crippen LogP) is 2.96. The van der Waals surface area contributed by atoms with E-state index in [0.29, 0.717) is 18.5 Å². The molecule has 106 valence electrons. The van der Waals surface area contributed by atoms with E-state index < -0.39 is 0 Å². The van der Waals surface area contributed by atoms with Crippen LogP contribution in [0.25, 0.3) is 0 Å². The van der Waals surface area contributed by atoms with Crippen LogP contribution in [0.2, 0.25) is 0 Å². The molecule has 0 amide bonds. The van der Waals surface area contributed by atoms with Crippen LogP contribution in [-0.2, 0) is 6.54 Å². The third-order valence-corrected chi connectivity index (χ3v) is 3.86. The Bertz CT molecular complexity index is 422. The van der Waals surface area contributed by atoms with Gasteiger partial charge in [-0.2, -0.15) is 0 Å². The second kappa shape index (κ2) is 6.33. The van der Waals surface area contributed by atoms with E-state index in [2.05, 4.69) is 36.0 Å². The highest BCUT2D eigenvalue weighted by Crippen LogP contribution is 2.28. The van der Waals surface area contributed by atoms with Crippen molar-refractivity contribution in [3.8, 4) is 0 Å². The van der Waals surface area contributed by atoms with E-state index in [1.54, 1.807) is 6.07 Å². The molecule has 1 N–H and O–H groups in total. The molecular formula is C15H24FN3. The molecule has 0 bridgehead atoms. The highest BCUT2D eigenvalue weighted by molar-refractivity contribution is 5.48. The summed E-state index contributed by atoms with van der Waals surface area (Å²) in [4.78, 5) is 6.68. The van der Waals surface area contributed by atoms with Gasteiger partial charge < -0.3 is 10.2 Å². The van der Waals surface area contributed by atoms with E-state index >= 15 is 0 Å². The first-order valence-electron chi connectivity index (χ1n) is 7.23. The number of piperidine rings is 1. The monoisotopic (exact) mass is 265 g/mol. The predicted molar refractivity (Wildman–Crippen MR) is 76.8 cm³/mol. The summed E-state index contributed by atoms with van der Waals surface area (Å²) >= 11 is 0. The van der Waals surface area contributed by atoms with Crippen LogP contribution in [0.4, 0.5) is 10.2 Å². The lowest BCUT2D eigenvalue weighted by Gasteiger charge is -2.38. The SMILES string of the molecule is CCNCc1cc(F)cnc1N1CC(C)CCC1C. The second-order valence-electron chi connectivity index (χ2n) is 5.60. The van der Waals surface area contributed by atoms with Crippen molar-refractivity contribution < 1.29 is 4.39 Å². The summed E-state index contributed by atoms with van der Waals surface area (Å²) in [5, 5.41) is 3.26. The third-order valence-electron chi connectivity index (χ3n) is 3.86. The van der Waals surface area contributed by atoms with Crippen molar-refractivity contribution in [3.63, 3.8) is 0 Å². The zero-order chi connectivity index (χ0) is 13.8. The Morgan fingerprint density at radius 2 is 2.21 bits per heavy atom. The van der Waals surface area contributed by atoms with Crippen LogP contribution in [0.1, 0.15) is 39.2 Å². The van der Waals surface area contributed by atoms with Crippen molar-refractivity contribution in [2.75, 3.05) is 18.0 Å². The minimum Gasteiger partial charge on any atom is -0.353 e. The van der Waals surface area contributed by atoms with Crippen molar-refractivity contribution >= 4 is 5.82 Å². The molecule has 2 atom stereocenters. The Balaban J connectivity index is 2.26. The topological polar surface area (TPSA) is 28.2 Å². The van der Waals surface area contributed by atoms with Crippen LogP contribution in [0.15, 0.2) is 12.3 Å². The van der Waals surface area contributed by atoms with E-state index in [1.807, 2.05) is 0 Å². The largest absolute Gasteiger partial charge is 0.353 e. The maximum absolute atomic E-state index is 13.4. The Kier molecular flexibility index (Phi) is 4.75. The molecule has 1 aliphatic rings. The van der Waals surface area contributed by atoms with Crippen molar-refractivity contribution in [2.24, 2.45) is 5.92 Å². The number of pyridine rings is 1. The Labute approximate surface area is 115 Å². The van der Waals surface area contributed by atoms with Crippen LogP contribution in [-0.4, -0.2) is 24.1 Å². The molecule has 4 heteroatoms. The fourth-order valence-electron chi connectivity index (χ4n) is 2.71. The summed E-state index contributed by atoms with van der Waals surface area (Å²) in [6, 6.07) is 2.09. The van der Waals surface area contributed by atoms with Crippen molar-refractivity contribution in [1.82, 2.24) is 10.3 Å². The zero-order valence-corrected chi connectivity index (χ0v) is 12.1. The first kappa shape index (κ1) is 14.3. The van der Waals surface area contributed by atoms with Gasteiger partial charge in [-0.25, -0.2) is 9.37 Å². The minimum absolute atomic E-state index is 0.255. The van der Waals surface area contributed by atoms with Gasteiger partial charge in [0.05, 0.1) is 6.20 Å². The maximum Gasteiger partial charge on any atom is 0.141 e. The summed E-state index contributed by atoms with van der Waals surface area (Å²) in [5.74, 6) is 1.37. The van der Waals surface area contributed by atoms with Gasteiger partial charge in [-0.1, -0.05) is 13.8 Å². The molecule has 0 radical (unpaired) electrons. The molecule has 0 saturated carbocycles. The highest BCUT2D eigenvalue weighted by atomic mass is 19.1. The number of nitrogens with zero attached hydrogens (tertiary/aromatic N) is 2.